The van der Waals surface area contributed by atoms with Gasteiger partial charge in [-0.1, -0.05) is 17.7 Å². The standard InChI is InChI=1S/C17H25N3O3/c1-3-23-17(22)20-10-8-15(9-11-20)19-16(21)12-18-14-6-4-13(2)5-7-14/h4-7,15,18H,3,8-12H2,1-2H3,(H,19,21). The third-order valence-corrected chi connectivity index (χ3v) is 3.89. The average molecular weight is 319 g/mol. The predicted octanol–water partition coefficient (Wildman–Crippen LogP) is 2.14. The van der Waals surface area contributed by atoms with E-state index in [-0.39, 0.29) is 24.6 Å². The lowest BCUT2D eigenvalue weighted by Crippen LogP contribution is -2.47. The number of nitrogens with zero attached hydrogens (tertiary/aromatic N) is 1. The maximum Gasteiger partial charge on any atom is 0.409 e. The largest absolute Gasteiger partial charge is 0.450 e. The molecule has 0 spiro atoms. The van der Waals surface area contributed by atoms with Gasteiger partial charge in [-0.3, -0.25) is 4.79 Å². The summed E-state index contributed by atoms with van der Waals surface area (Å²) in [5.74, 6) is -0.0276. The molecule has 1 aromatic rings. The molecule has 0 atom stereocenters. The molecule has 0 radical (unpaired) electrons. The minimum atomic E-state index is -0.265. The van der Waals surface area contributed by atoms with Crippen LogP contribution in [0.2, 0.25) is 0 Å². The highest BCUT2D eigenvalue weighted by Crippen LogP contribution is 2.12. The molecule has 0 aliphatic carbocycles. The first-order valence-corrected chi connectivity index (χ1v) is 8.10. The number of benzene rings is 1. The number of ether oxygens (including phenoxy) is 1. The fraction of sp³-hybridized carbons (Fsp3) is 0.529. The van der Waals surface area contributed by atoms with Crippen molar-refractivity contribution in [1.82, 2.24) is 10.2 Å². The normalized spacial score (nSPS) is 15.1. The molecule has 6 heteroatoms. The Hall–Kier alpha value is -2.24. The third-order valence-electron chi connectivity index (χ3n) is 3.89. The van der Waals surface area contributed by atoms with Crippen LogP contribution in [0.25, 0.3) is 0 Å². The summed E-state index contributed by atoms with van der Waals surface area (Å²) in [7, 11) is 0. The monoisotopic (exact) mass is 319 g/mol. The van der Waals surface area contributed by atoms with Gasteiger partial charge in [0.1, 0.15) is 0 Å². The van der Waals surface area contributed by atoms with Gasteiger partial charge in [0, 0.05) is 24.8 Å². The van der Waals surface area contributed by atoms with Crippen LogP contribution in [0.1, 0.15) is 25.3 Å². The van der Waals surface area contributed by atoms with Crippen LogP contribution in [-0.4, -0.2) is 49.2 Å². The highest BCUT2D eigenvalue weighted by molar-refractivity contribution is 5.81. The number of aryl methyl sites for hydroxylation is 1. The molecule has 1 aliphatic heterocycles. The van der Waals surface area contributed by atoms with Gasteiger partial charge < -0.3 is 20.3 Å². The molecule has 126 valence electrons. The van der Waals surface area contributed by atoms with Crippen molar-refractivity contribution in [3.05, 3.63) is 29.8 Å². The SMILES string of the molecule is CCOC(=O)N1CCC(NC(=O)CNc2ccc(C)cc2)CC1. The molecule has 0 saturated carbocycles. The Morgan fingerprint density at radius 3 is 2.48 bits per heavy atom. The van der Waals surface area contributed by atoms with Crippen molar-refractivity contribution in [2.75, 3.05) is 31.6 Å². The highest BCUT2D eigenvalue weighted by Gasteiger charge is 2.24. The summed E-state index contributed by atoms with van der Waals surface area (Å²) in [5, 5.41) is 6.12. The lowest BCUT2D eigenvalue weighted by atomic mass is 10.1. The van der Waals surface area contributed by atoms with Gasteiger partial charge in [-0.25, -0.2) is 4.79 Å². The summed E-state index contributed by atoms with van der Waals surface area (Å²) in [4.78, 5) is 25.3. The summed E-state index contributed by atoms with van der Waals surface area (Å²) in [6, 6.07) is 8.05. The van der Waals surface area contributed by atoms with Crippen LogP contribution in [0.15, 0.2) is 24.3 Å². The van der Waals surface area contributed by atoms with Crippen molar-refractivity contribution in [2.45, 2.75) is 32.7 Å². The summed E-state index contributed by atoms with van der Waals surface area (Å²) in [5.41, 5.74) is 2.12. The van der Waals surface area contributed by atoms with Gasteiger partial charge >= 0.3 is 6.09 Å². The van der Waals surface area contributed by atoms with Crippen molar-refractivity contribution in [2.24, 2.45) is 0 Å². The van der Waals surface area contributed by atoms with Gasteiger partial charge in [0.15, 0.2) is 0 Å². The fourth-order valence-corrected chi connectivity index (χ4v) is 2.55. The molecule has 1 fully saturated rings. The molecule has 1 saturated heterocycles. The molecule has 0 aromatic heterocycles. The maximum atomic E-state index is 12.0. The van der Waals surface area contributed by atoms with Gasteiger partial charge in [-0.15, -0.1) is 0 Å². The summed E-state index contributed by atoms with van der Waals surface area (Å²) >= 11 is 0. The van der Waals surface area contributed by atoms with Gasteiger partial charge in [0.05, 0.1) is 13.2 Å². The molecular weight excluding hydrogens is 294 g/mol. The topological polar surface area (TPSA) is 70.7 Å². The fourth-order valence-electron chi connectivity index (χ4n) is 2.55. The maximum absolute atomic E-state index is 12.0. The molecule has 1 heterocycles. The second-order valence-electron chi connectivity index (χ2n) is 5.75. The first-order valence-electron chi connectivity index (χ1n) is 8.10. The Bertz CT molecular complexity index is 522. The summed E-state index contributed by atoms with van der Waals surface area (Å²) in [6.45, 7) is 5.71. The predicted molar refractivity (Wildman–Crippen MR) is 89.4 cm³/mol. The molecule has 2 rings (SSSR count). The van der Waals surface area contributed by atoms with Crippen molar-refractivity contribution < 1.29 is 14.3 Å². The number of carbonyl (C=O) groups excluding carboxylic acids is 2. The Kier molecular flexibility index (Phi) is 6.26. The van der Waals surface area contributed by atoms with Gasteiger partial charge in [-0.2, -0.15) is 0 Å². The van der Waals surface area contributed by atoms with E-state index < -0.39 is 0 Å². The molecule has 0 bridgehead atoms. The lowest BCUT2D eigenvalue weighted by Gasteiger charge is -2.31. The van der Waals surface area contributed by atoms with E-state index in [9.17, 15) is 9.59 Å². The number of amides is 2. The lowest BCUT2D eigenvalue weighted by molar-refractivity contribution is -0.120. The zero-order chi connectivity index (χ0) is 16.7. The van der Waals surface area contributed by atoms with Gasteiger partial charge in [0.2, 0.25) is 5.91 Å². The highest BCUT2D eigenvalue weighted by atomic mass is 16.6. The van der Waals surface area contributed by atoms with Crippen LogP contribution < -0.4 is 10.6 Å². The second-order valence-corrected chi connectivity index (χ2v) is 5.75. The first kappa shape index (κ1) is 17.1. The summed E-state index contributed by atoms with van der Waals surface area (Å²) in [6.07, 6.45) is 1.25. The Balaban J connectivity index is 1.68. The van der Waals surface area contributed by atoms with Crippen LogP contribution in [0, 0.1) is 6.92 Å². The van der Waals surface area contributed by atoms with E-state index in [1.54, 1.807) is 11.8 Å². The van der Waals surface area contributed by atoms with Crippen LogP contribution >= 0.6 is 0 Å². The van der Waals surface area contributed by atoms with Crippen molar-refractivity contribution in [1.29, 1.82) is 0 Å². The second kappa shape index (κ2) is 8.41. The number of hydrogen-bond acceptors (Lipinski definition) is 4. The van der Waals surface area contributed by atoms with E-state index in [0.29, 0.717) is 19.7 Å². The number of likely N-dealkylation sites (tertiary alicyclic amines) is 1. The van der Waals surface area contributed by atoms with E-state index in [1.165, 1.54) is 5.56 Å². The van der Waals surface area contributed by atoms with E-state index in [4.69, 9.17) is 4.74 Å². The van der Waals surface area contributed by atoms with Crippen molar-refractivity contribution in [3.63, 3.8) is 0 Å². The number of hydrogen-bond donors (Lipinski definition) is 2. The molecule has 2 amide bonds. The van der Waals surface area contributed by atoms with E-state index >= 15 is 0 Å². The first-order chi connectivity index (χ1) is 11.1. The Morgan fingerprint density at radius 2 is 1.87 bits per heavy atom. The zero-order valence-electron chi connectivity index (χ0n) is 13.8. The average Bonchev–Trinajstić information content (AvgIpc) is 2.55. The smallest absolute Gasteiger partial charge is 0.409 e. The minimum Gasteiger partial charge on any atom is -0.450 e. The Morgan fingerprint density at radius 1 is 1.22 bits per heavy atom. The van der Waals surface area contributed by atoms with E-state index in [2.05, 4.69) is 10.6 Å². The number of rotatable bonds is 5. The molecule has 6 nitrogen and oxygen atoms in total. The number of carbonyl (C=O) groups is 2. The molecule has 1 aromatic carbocycles. The molecule has 0 unspecified atom stereocenters. The molecule has 1 aliphatic rings. The Labute approximate surface area is 137 Å². The van der Waals surface area contributed by atoms with Crippen LogP contribution in [0.3, 0.4) is 0 Å². The number of anilines is 1. The quantitative estimate of drug-likeness (QED) is 0.872. The van der Waals surface area contributed by atoms with Gasteiger partial charge in [0.25, 0.3) is 0 Å². The number of nitrogens with one attached hydrogen (secondary N) is 2. The zero-order valence-corrected chi connectivity index (χ0v) is 13.8. The van der Waals surface area contributed by atoms with Crippen molar-refractivity contribution in [3.8, 4) is 0 Å². The van der Waals surface area contributed by atoms with Crippen LogP contribution in [0.5, 0.6) is 0 Å². The summed E-state index contributed by atoms with van der Waals surface area (Å²) < 4.78 is 4.98. The van der Waals surface area contributed by atoms with E-state index in [0.717, 1.165) is 18.5 Å². The van der Waals surface area contributed by atoms with Gasteiger partial charge in [-0.05, 0) is 38.8 Å². The van der Waals surface area contributed by atoms with E-state index in [1.807, 2.05) is 31.2 Å². The third kappa shape index (κ3) is 5.47. The molecule has 23 heavy (non-hydrogen) atoms. The number of piperidine rings is 1. The minimum absolute atomic E-state index is 0.0276. The van der Waals surface area contributed by atoms with Crippen molar-refractivity contribution >= 4 is 17.7 Å². The molecule has 2 N–H and O–H groups in total. The molecular formula is C17H25N3O3. The van der Waals surface area contributed by atoms with Crippen LogP contribution in [0.4, 0.5) is 10.5 Å². The van der Waals surface area contributed by atoms with Crippen LogP contribution in [-0.2, 0) is 9.53 Å².